The van der Waals surface area contributed by atoms with E-state index in [1.807, 2.05) is 0 Å². The minimum absolute atomic E-state index is 0.146. The number of carbonyl (C=O) groups is 3. The molecule has 0 saturated heterocycles. The lowest BCUT2D eigenvalue weighted by molar-refractivity contribution is -0.138. The van der Waals surface area contributed by atoms with Gasteiger partial charge in [-0.25, -0.2) is 0 Å². The molecule has 0 fully saturated rings. The van der Waals surface area contributed by atoms with E-state index in [4.69, 9.17) is 4.74 Å². The van der Waals surface area contributed by atoms with Gasteiger partial charge in [0, 0.05) is 32.4 Å². The van der Waals surface area contributed by atoms with Crippen molar-refractivity contribution in [3.05, 3.63) is 12.2 Å². The second-order valence-electron chi connectivity index (χ2n) is 3.00. The Bertz CT molecular complexity index is 282. The SMILES string of the molecule is COCN(C=O)CCN1C(=O)C=CC1=O. The predicted molar refractivity (Wildman–Crippen MR) is 50.5 cm³/mol. The number of rotatable bonds is 6. The highest BCUT2D eigenvalue weighted by molar-refractivity contribution is 6.12. The molecule has 15 heavy (non-hydrogen) atoms. The molecule has 0 aromatic heterocycles. The molecule has 1 aliphatic heterocycles. The molecule has 0 aromatic carbocycles. The first kappa shape index (κ1) is 11.4. The summed E-state index contributed by atoms with van der Waals surface area (Å²) in [5.74, 6) is -0.688. The van der Waals surface area contributed by atoms with Crippen molar-refractivity contribution < 1.29 is 19.1 Å². The summed E-state index contributed by atoms with van der Waals surface area (Å²) >= 11 is 0. The van der Waals surface area contributed by atoms with Gasteiger partial charge in [0.05, 0.1) is 0 Å². The first-order chi connectivity index (χ1) is 7.19. The quantitative estimate of drug-likeness (QED) is 0.321. The molecule has 82 valence electrons. The molecule has 0 atom stereocenters. The number of methoxy groups -OCH3 is 1. The molecule has 0 radical (unpaired) electrons. The lowest BCUT2D eigenvalue weighted by Gasteiger charge is -2.19. The van der Waals surface area contributed by atoms with Crippen LogP contribution < -0.4 is 0 Å². The zero-order chi connectivity index (χ0) is 11.3. The summed E-state index contributed by atoms with van der Waals surface area (Å²) in [4.78, 5) is 35.2. The molecule has 1 heterocycles. The van der Waals surface area contributed by atoms with Gasteiger partial charge in [-0.3, -0.25) is 19.3 Å². The average molecular weight is 212 g/mol. The maximum absolute atomic E-state index is 11.1. The van der Waals surface area contributed by atoms with Crippen molar-refractivity contribution in [1.29, 1.82) is 0 Å². The summed E-state index contributed by atoms with van der Waals surface area (Å²) in [7, 11) is 1.46. The third-order valence-corrected chi connectivity index (χ3v) is 1.96. The zero-order valence-electron chi connectivity index (χ0n) is 8.38. The van der Waals surface area contributed by atoms with Gasteiger partial charge in [0.25, 0.3) is 11.8 Å². The highest BCUT2D eigenvalue weighted by Gasteiger charge is 2.23. The monoisotopic (exact) mass is 212 g/mol. The van der Waals surface area contributed by atoms with Gasteiger partial charge in [-0.05, 0) is 0 Å². The van der Waals surface area contributed by atoms with E-state index in [0.29, 0.717) is 6.41 Å². The van der Waals surface area contributed by atoms with Gasteiger partial charge in [0.1, 0.15) is 6.73 Å². The van der Waals surface area contributed by atoms with Gasteiger partial charge < -0.3 is 9.64 Å². The molecule has 3 amide bonds. The van der Waals surface area contributed by atoms with Crippen LogP contribution in [-0.4, -0.2) is 55.0 Å². The Kier molecular flexibility index (Phi) is 3.99. The second-order valence-corrected chi connectivity index (χ2v) is 3.00. The normalized spacial score (nSPS) is 14.9. The summed E-state index contributed by atoms with van der Waals surface area (Å²) in [6.07, 6.45) is 3.04. The second kappa shape index (κ2) is 5.26. The third kappa shape index (κ3) is 2.88. The molecule has 0 aliphatic carbocycles. The lowest BCUT2D eigenvalue weighted by atomic mass is 10.5. The molecule has 0 unspecified atom stereocenters. The van der Waals surface area contributed by atoms with E-state index < -0.39 is 0 Å². The average Bonchev–Trinajstić information content (AvgIpc) is 2.54. The highest BCUT2D eigenvalue weighted by Crippen LogP contribution is 2.02. The summed E-state index contributed by atoms with van der Waals surface area (Å²) in [5, 5.41) is 0. The van der Waals surface area contributed by atoms with Gasteiger partial charge in [0.2, 0.25) is 6.41 Å². The number of ether oxygens (including phenoxy) is 1. The molecule has 1 rings (SSSR count). The van der Waals surface area contributed by atoms with Crippen molar-refractivity contribution in [2.24, 2.45) is 0 Å². The van der Waals surface area contributed by atoms with Gasteiger partial charge >= 0.3 is 0 Å². The van der Waals surface area contributed by atoms with E-state index >= 15 is 0 Å². The first-order valence-corrected chi connectivity index (χ1v) is 4.41. The Morgan fingerprint density at radius 2 is 2.00 bits per heavy atom. The van der Waals surface area contributed by atoms with E-state index in [9.17, 15) is 14.4 Å². The Morgan fingerprint density at radius 3 is 2.47 bits per heavy atom. The van der Waals surface area contributed by atoms with Crippen LogP contribution in [0.5, 0.6) is 0 Å². The Morgan fingerprint density at radius 1 is 1.40 bits per heavy atom. The minimum Gasteiger partial charge on any atom is -0.364 e. The Hall–Kier alpha value is -1.69. The van der Waals surface area contributed by atoms with E-state index in [1.54, 1.807) is 0 Å². The number of imide groups is 1. The van der Waals surface area contributed by atoms with Crippen LogP contribution in [-0.2, 0) is 19.1 Å². The van der Waals surface area contributed by atoms with Crippen molar-refractivity contribution in [3.63, 3.8) is 0 Å². The Balaban J connectivity index is 2.39. The van der Waals surface area contributed by atoms with Crippen LogP contribution in [0.4, 0.5) is 0 Å². The zero-order valence-corrected chi connectivity index (χ0v) is 8.38. The molecule has 0 N–H and O–H groups in total. The van der Waals surface area contributed by atoms with E-state index in [2.05, 4.69) is 0 Å². The van der Waals surface area contributed by atoms with Crippen LogP contribution in [0.3, 0.4) is 0 Å². The fourth-order valence-electron chi connectivity index (χ4n) is 1.19. The van der Waals surface area contributed by atoms with Crippen LogP contribution in [0.15, 0.2) is 12.2 Å². The Labute approximate surface area is 87.1 Å². The van der Waals surface area contributed by atoms with Gasteiger partial charge in [-0.1, -0.05) is 0 Å². The van der Waals surface area contributed by atoms with Crippen molar-refractivity contribution in [3.8, 4) is 0 Å². The van der Waals surface area contributed by atoms with Gasteiger partial charge in [-0.15, -0.1) is 0 Å². The number of hydrogen-bond donors (Lipinski definition) is 0. The first-order valence-electron chi connectivity index (χ1n) is 4.41. The number of amides is 3. The maximum Gasteiger partial charge on any atom is 0.253 e. The molecule has 0 spiro atoms. The fourth-order valence-corrected chi connectivity index (χ4v) is 1.19. The van der Waals surface area contributed by atoms with Crippen LogP contribution in [0.25, 0.3) is 0 Å². The topological polar surface area (TPSA) is 66.9 Å². The standard InChI is InChI=1S/C9H12N2O4/c1-15-7-10(6-12)4-5-11-8(13)2-3-9(11)14/h2-3,6H,4-5,7H2,1H3. The molecular formula is C9H12N2O4. The molecule has 0 saturated carbocycles. The molecule has 0 bridgehead atoms. The van der Waals surface area contributed by atoms with Crippen molar-refractivity contribution in [2.75, 3.05) is 26.9 Å². The molecule has 6 heteroatoms. The molecule has 6 nitrogen and oxygen atoms in total. The number of hydrogen-bond acceptors (Lipinski definition) is 4. The van der Waals surface area contributed by atoms with Crippen molar-refractivity contribution in [1.82, 2.24) is 9.80 Å². The predicted octanol–water partition coefficient (Wildman–Crippen LogP) is -1.03. The van der Waals surface area contributed by atoms with Crippen LogP contribution in [0.2, 0.25) is 0 Å². The largest absolute Gasteiger partial charge is 0.364 e. The molecule has 1 aliphatic rings. The van der Waals surface area contributed by atoms with Crippen LogP contribution in [0.1, 0.15) is 0 Å². The number of carbonyl (C=O) groups excluding carboxylic acids is 3. The van der Waals surface area contributed by atoms with Crippen molar-refractivity contribution >= 4 is 18.2 Å². The summed E-state index contributed by atoms with van der Waals surface area (Å²) in [6.45, 7) is 0.608. The number of nitrogens with zero attached hydrogens (tertiary/aromatic N) is 2. The van der Waals surface area contributed by atoms with Gasteiger partial charge in [0.15, 0.2) is 0 Å². The maximum atomic E-state index is 11.1. The smallest absolute Gasteiger partial charge is 0.253 e. The highest BCUT2D eigenvalue weighted by atomic mass is 16.5. The van der Waals surface area contributed by atoms with E-state index in [0.717, 1.165) is 4.90 Å². The van der Waals surface area contributed by atoms with Gasteiger partial charge in [-0.2, -0.15) is 0 Å². The minimum atomic E-state index is -0.344. The fraction of sp³-hybridized carbons (Fsp3) is 0.444. The van der Waals surface area contributed by atoms with Crippen LogP contribution >= 0.6 is 0 Å². The molecule has 0 aromatic rings. The summed E-state index contributed by atoms with van der Waals surface area (Å²) in [6, 6.07) is 0. The van der Waals surface area contributed by atoms with Crippen molar-refractivity contribution in [2.45, 2.75) is 0 Å². The summed E-state index contributed by atoms with van der Waals surface area (Å²) in [5.41, 5.74) is 0. The van der Waals surface area contributed by atoms with E-state index in [1.165, 1.54) is 24.2 Å². The third-order valence-electron chi connectivity index (χ3n) is 1.96. The van der Waals surface area contributed by atoms with Crippen LogP contribution in [0, 0.1) is 0 Å². The molecular weight excluding hydrogens is 200 g/mol. The summed E-state index contributed by atoms with van der Waals surface area (Å²) < 4.78 is 4.75. The lowest BCUT2D eigenvalue weighted by Crippen LogP contribution is -2.38. The van der Waals surface area contributed by atoms with E-state index in [-0.39, 0.29) is 31.6 Å².